The number of aryl methyl sites for hydroxylation is 1. The molecule has 0 bridgehead atoms. The number of methoxy groups -OCH3 is 2. The maximum absolute atomic E-state index is 12.6. The van der Waals surface area contributed by atoms with Gasteiger partial charge in [-0.3, -0.25) is 4.79 Å². The summed E-state index contributed by atoms with van der Waals surface area (Å²) in [5.74, 6) is 0.586. The van der Waals surface area contributed by atoms with Gasteiger partial charge < -0.3 is 19.9 Å². The van der Waals surface area contributed by atoms with Gasteiger partial charge in [-0.25, -0.2) is 0 Å². The quantitative estimate of drug-likeness (QED) is 0.877. The number of aliphatic hydroxyl groups is 1. The molecule has 2 aromatic rings. The zero-order valence-corrected chi connectivity index (χ0v) is 14.5. The van der Waals surface area contributed by atoms with Gasteiger partial charge >= 0.3 is 0 Å². The van der Waals surface area contributed by atoms with Gasteiger partial charge in [0.15, 0.2) is 11.5 Å². The standard InChI is InChI=1S/C20H23NO4/c1-24-17-11-5-9-15(18(17)25-2)19(22)21-13-20(23)12-6-8-14-7-3-4-10-16(14)20/h3-5,7,9-11,23H,6,8,12-13H2,1-2H3,(H,21,22)/t20-/m0/s1. The zero-order valence-electron chi connectivity index (χ0n) is 14.5. The largest absolute Gasteiger partial charge is 0.493 e. The lowest BCUT2D eigenvalue weighted by Crippen LogP contribution is -2.43. The predicted octanol–water partition coefficient (Wildman–Crippen LogP) is 2.66. The molecule has 25 heavy (non-hydrogen) atoms. The van der Waals surface area contributed by atoms with E-state index in [0.717, 1.165) is 24.0 Å². The average molecular weight is 341 g/mol. The molecule has 132 valence electrons. The average Bonchev–Trinajstić information content (AvgIpc) is 2.66. The number of carbonyl (C=O) groups excluding carboxylic acids is 1. The Hall–Kier alpha value is -2.53. The van der Waals surface area contributed by atoms with Crippen molar-refractivity contribution in [2.24, 2.45) is 0 Å². The van der Waals surface area contributed by atoms with E-state index < -0.39 is 5.60 Å². The lowest BCUT2D eigenvalue weighted by Gasteiger charge is -2.34. The number of carbonyl (C=O) groups is 1. The van der Waals surface area contributed by atoms with E-state index in [0.29, 0.717) is 23.5 Å². The fourth-order valence-electron chi connectivity index (χ4n) is 3.47. The third-order valence-corrected chi connectivity index (χ3v) is 4.74. The molecule has 2 N–H and O–H groups in total. The number of ether oxygens (including phenoxy) is 2. The van der Waals surface area contributed by atoms with Gasteiger partial charge in [-0.15, -0.1) is 0 Å². The minimum absolute atomic E-state index is 0.156. The molecular formula is C20H23NO4. The van der Waals surface area contributed by atoms with Gasteiger partial charge in [0.2, 0.25) is 0 Å². The van der Waals surface area contributed by atoms with Gasteiger partial charge in [-0.2, -0.15) is 0 Å². The van der Waals surface area contributed by atoms with Crippen molar-refractivity contribution in [3.8, 4) is 11.5 Å². The van der Waals surface area contributed by atoms with Gasteiger partial charge in [0, 0.05) is 0 Å². The van der Waals surface area contributed by atoms with Crippen LogP contribution in [0.25, 0.3) is 0 Å². The molecule has 1 aliphatic rings. The van der Waals surface area contributed by atoms with E-state index >= 15 is 0 Å². The normalized spacial score (nSPS) is 19.0. The molecule has 0 heterocycles. The maximum Gasteiger partial charge on any atom is 0.255 e. The van der Waals surface area contributed by atoms with Crippen molar-refractivity contribution >= 4 is 5.91 Å². The fourth-order valence-corrected chi connectivity index (χ4v) is 3.47. The highest BCUT2D eigenvalue weighted by molar-refractivity contribution is 5.97. The van der Waals surface area contributed by atoms with Crippen molar-refractivity contribution in [1.29, 1.82) is 0 Å². The van der Waals surface area contributed by atoms with E-state index in [-0.39, 0.29) is 12.5 Å². The first-order valence-electron chi connectivity index (χ1n) is 8.39. The van der Waals surface area contributed by atoms with E-state index in [1.165, 1.54) is 14.2 Å². The molecule has 0 unspecified atom stereocenters. The second-order valence-electron chi connectivity index (χ2n) is 6.27. The Kier molecular flexibility index (Phi) is 4.95. The summed E-state index contributed by atoms with van der Waals surface area (Å²) in [6, 6.07) is 13.0. The van der Waals surface area contributed by atoms with Crippen LogP contribution >= 0.6 is 0 Å². The lowest BCUT2D eigenvalue weighted by atomic mass is 9.79. The van der Waals surface area contributed by atoms with Crippen LogP contribution in [0.1, 0.15) is 34.3 Å². The molecule has 0 aliphatic heterocycles. The second-order valence-corrected chi connectivity index (χ2v) is 6.27. The molecule has 1 amide bonds. The van der Waals surface area contributed by atoms with Crippen LogP contribution in [0.4, 0.5) is 0 Å². The Labute approximate surface area is 147 Å². The molecule has 0 spiro atoms. The number of fused-ring (bicyclic) bond motifs is 1. The van der Waals surface area contributed by atoms with Crippen LogP contribution in [0, 0.1) is 0 Å². The van der Waals surface area contributed by atoms with Crippen molar-refractivity contribution in [3.05, 3.63) is 59.2 Å². The van der Waals surface area contributed by atoms with Crippen LogP contribution in [0.3, 0.4) is 0 Å². The van der Waals surface area contributed by atoms with E-state index in [4.69, 9.17) is 9.47 Å². The molecule has 5 nitrogen and oxygen atoms in total. The Bertz CT molecular complexity index is 774. The first kappa shape index (κ1) is 17.3. The molecule has 0 radical (unpaired) electrons. The Morgan fingerprint density at radius 3 is 2.72 bits per heavy atom. The molecule has 1 atom stereocenters. The number of para-hydroxylation sites is 1. The summed E-state index contributed by atoms with van der Waals surface area (Å²) in [5, 5.41) is 13.9. The Balaban J connectivity index is 1.80. The molecule has 5 heteroatoms. The van der Waals surface area contributed by atoms with Crippen LogP contribution in [0.15, 0.2) is 42.5 Å². The predicted molar refractivity (Wildman–Crippen MR) is 95.2 cm³/mol. The molecular weight excluding hydrogens is 318 g/mol. The van der Waals surface area contributed by atoms with Crippen molar-refractivity contribution in [2.45, 2.75) is 24.9 Å². The van der Waals surface area contributed by atoms with E-state index in [9.17, 15) is 9.90 Å². The SMILES string of the molecule is COc1cccc(C(=O)NC[C@@]2(O)CCCc3ccccc32)c1OC. The van der Waals surface area contributed by atoms with Crippen molar-refractivity contribution in [3.63, 3.8) is 0 Å². The molecule has 0 saturated carbocycles. The number of nitrogens with one attached hydrogen (secondary N) is 1. The summed E-state index contributed by atoms with van der Waals surface area (Å²) >= 11 is 0. The van der Waals surface area contributed by atoms with Crippen LogP contribution in [-0.2, 0) is 12.0 Å². The zero-order chi connectivity index (χ0) is 17.9. The van der Waals surface area contributed by atoms with Crippen LogP contribution in [0.2, 0.25) is 0 Å². The number of amides is 1. The number of rotatable bonds is 5. The van der Waals surface area contributed by atoms with Crippen molar-refractivity contribution in [2.75, 3.05) is 20.8 Å². The first-order chi connectivity index (χ1) is 12.1. The topological polar surface area (TPSA) is 67.8 Å². The highest BCUT2D eigenvalue weighted by atomic mass is 16.5. The maximum atomic E-state index is 12.6. The van der Waals surface area contributed by atoms with Gasteiger partial charge in [0.05, 0.1) is 26.3 Å². The number of hydrogen-bond donors (Lipinski definition) is 2. The Morgan fingerprint density at radius 1 is 1.16 bits per heavy atom. The summed E-state index contributed by atoms with van der Waals surface area (Å²) in [5.41, 5.74) is 1.38. The monoisotopic (exact) mass is 341 g/mol. The molecule has 1 aliphatic carbocycles. The number of hydrogen-bond acceptors (Lipinski definition) is 4. The molecule has 2 aromatic carbocycles. The summed E-state index contributed by atoms with van der Waals surface area (Å²) < 4.78 is 10.5. The minimum Gasteiger partial charge on any atom is -0.493 e. The van der Waals surface area contributed by atoms with E-state index in [1.807, 2.05) is 24.3 Å². The van der Waals surface area contributed by atoms with E-state index in [1.54, 1.807) is 18.2 Å². The minimum atomic E-state index is -1.05. The summed E-state index contributed by atoms with van der Waals surface area (Å²) in [6.45, 7) is 0.156. The lowest BCUT2D eigenvalue weighted by molar-refractivity contribution is 0.0189. The summed E-state index contributed by atoms with van der Waals surface area (Å²) in [6.07, 6.45) is 2.47. The second kappa shape index (κ2) is 7.15. The van der Waals surface area contributed by atoms with Gasteiger partial charge in [-0.1, -0.05) is 30.3 Å². The van der Waals surface area contributed by atoms with Gasteiger partial charge in [0.25, 0.3) is 5.91 Å². The Morgan fingerprint density at radius 2 is 1.96 bits per heavy atom. The third-order valence-electron chi connectivity index (χ3n) is 4.74. The highest BCUT2D eigenvalue weighted by Crippen LogP contribution is 2.35. The van der Waals surface area contributed by atoms with Crippen molar-refractivity contribution < 1.29 is 19.4 Å². The van der Waals surface area contributed by atoms with Crippen LogP contribution in [-0.4, -0.2) is 31.8 Å². The van der Waals surface area contributed by atoms with Crippen molar-refractivity contribution in [1.82, 2.24) is 5.32 Å². The summed E-state index contributed by atoms with van der Waals surface area (Å²) in [4.78, 5) is 12.6. The third kappa shape index (κ3) is 3.33. The summed E-state index contributed by atoms with van der Waals surface area (Å²) in [7, 11) is 3.03. The smallest absolute Gasteiger partial charge is 0.255 e. The van der Waals surface area contributed by atoms with Crippen LogP contribution < -0.4 is 14.8 Å². The van der Waals surface area contributed by atoms with Gasteiger partial charge in [0.1, 0.15) is 5.60 Å². The molecule has 0 fully saturated rings. The molecule has 3 rings (SSSR count). The van der Waals surface area contributed by atoms with E-state index in [2.05, 4.69) is 5.32 Å². The molecule has 0 aromatic heterocycles. The first-order valence-corrected chi connectivity index (χ1v) is 8.39. The highest BCUT2D eigenvalue weighted by Gasteiger charge is 2.34. The molecule has 0 saturated heterocycles. The van der Waals surface area contributed by atoms with Crippen LogP contribution in [0.5, 0.6) is 11.5 Å². The fraction of sp³-hybridized carbons (Fsp3) is 0.350. The number of benzene rings is 2. The van der Waals surface area contributed by atoms with Gasteiger partial charge in [-0.05, 0) is 42.5 Å².